The number of anilines is 2. The van der Waals surface area contributed by atoms with Crippen LogP contribution in [0, 0.1) is 0 Å². The number of hydrogen-bond acceptors (Lipinski definition) is 3. The molecule has 0 aromatic heterocycles. The van der Waals surface area contributed by atoms with E-state index in [9.17, 15) is 9.59 Å². The summed E-state index contributed by atoms with van der Waals surface area (Å²) in [6, 6.07) is 5.55. The Kier molecular flexibility index (Phi) is 3.21. The number of rotatable bonds is 2. The molecule has 0 radical (unpaired) electrons. The number of fused-ring (bicyclic) bond motifs is 1. The van der Waals surface area contributed by atoms with Crippen molar-refractivity contribution in [1.29, 1.82) is 0 Å². The highest BCUT2D eigenvalue weighted by atomic mass is 16.2. The highest BCUT2D eigenvalue weighted by Gasteiger charge is 2.22. The lowest BCUT2D eigenvalue weighted by atomic mass is 10.0. The van der Waals surface area contributed by atoms with Crippen LogP contribution in [-0.2, 0) is 16.0 Å². The van der Waals surface area contributed by atoms with Crippen LogP contribution >= 0.6 is 0 Å². The van der Waals surface area contributed by atoms with Crippen LogP contribution in [0.15, 0.2) is 18.2 Å². The van der Waals surface area contributed by atoms with Gasteiger partial charge in [-0.15, -0.1) is 0 Å². The third-order valence-corrected chi connectivity index (χ3v) is 3.65. The summed E-state index contributed by atoms with van der Waals surface area (Å²) in [7, 11) is 0. The van der Waals surface area contributed by atoms with Gasteiger partial charge in [0.2, 0.25) is 11.8 Å². The zero-order chi connectivity index (χ0) is 13.2. The number of carbonyl (C=O) groups excluding carboxylic acids is 2. The molecular formula is C14H17N3O2. The Morgan fingerprint density at radius 2 is 2.21 bits per heavy atom. The van der Waals surface area contributed by atoms with E-state index < -0.39 is 0 Å². The van der Waals surface area contributed by atoms with Crippen LogP contribution in [0.5, 0.6) is 0 Å². The van der Waals surface area contributed by atoms with Crippen molar-refractivity contribution in [3.63, 3.8) is 0 Å². The van der Waals surface area contributed by atoms with E-state index >= 15 is 0 Å². The number of benzene rings is 1. The van der Waals surface area contributed by atoms with Crippen LogP contribution in [0.1, 0.15) is 24.8 Å². The summed E-state index contributed by atoms with van der Waals surface area (Å²) in [6.45, 7) is 0.911. The predicted molar refractivity (Wildman–Crippen MR) is 73.0 cm³/mol. The van der Waals surface area contributed by atoms with Crippen LogP contribution in [0.2, 0.25) is 0 Å². The smallest absolute Gasteiger partial charge is 0.241 e. The minimum absolute atomic E-state index is 0.0253. The monoisotopic (exact) mass is 259 g/mol. The minimum Gasteiger partial charge on any atom is -0.326 e. The Morgan fingerprint density at radius 1 is 1.32 bits per heavy atom. The van der Waals surface area contributed by atoms with E-state index in [1.54, 1.807) is 0 Å². The fourth-order valence-corrected chi connectivity index (χ4v) is 2.60. The second-order valence-corrected chi connectivity index (χ2v) is 5.06. The van der Waals surface area contributed by atoms with E-state index in [1.165, 1.54) is 0 Å². The molecule has 5 nitrogen and oxygen atoms in total. The quantitative estimate of drug-likeness (QED) is 0.749. The zero-order valence-electron chi connectivity index (χ0n) is 10.7. The van der Waals surface area contributed by atoms with Gasteiger partial charge in [0.1, 0.15) is 0 Å². The fourth-order valence-electron chi connectivity index (χ4n) is 2.60. The van der Waals surface area contributed by atoms with Crippen LogP contribution in [0.4, 0.5) is 11.4 Å². The van der Waals surface area contributed by atoms with Gasteiger partial charge in [0.05, 0.1) is 6.04 Å². The number of carbonyl (C=O) groups is 2. The van der Waals surface area contributed by atoms with E-state index in [4.69, 9.17) is 0 Å². The summed E-state index contributed by atoms with van der Waals surface area (Å²) < 4.78 is 0. The molecule has 3 N–H and O–H groups in total. The van der Waals surface area contributed by atoms with Crippen molar-refractivity contribution >= 4 is 23.2 Å². The first kappa shape index (κ1) is 12.2. The van der Waals surface area contributed by atoms with E-state index in [0.29, 0.717) is 6.42 Å². The summed E-state index contributed by atoms with van der Waals surface area (Å²) in [5.74, 6) is 0.0803. The molecule has 0 unspecified atom stereocenters. The van der Waals surface area contributed by atoms with Gasteiger partial charge in [-0.2, -0.15) is 0 Å². The van der Waals surface area contributed by atoms with Gasteiger partial charge in [-0.05, 0) is 49.6 Å². The van der Waals surface area contributed by atoms with Crippen molar-refractivity contribution in [2.24, 2.45) is 0 Å². The molecule has 0 saturated carbocycles. The van der Waals surface area contributed by atoms with Crippen molar-refractivity contribution < 1.29 is 9.59 Å². The molecule has 2 aliphatic heterocycles. The average molecular weight is 259 g/mol. The minimum atomic E-state index is -0.0734. The normalized spacial score (nSPS) is 21.7. The predicted octanol–water partition coefficient (Wildman–Crippen LogP) is 1.26. The van der Waals surface area contributed by atoms with Crippen molar-refractivity contribution in [2.75, 3.05) is 17.2 Å². The molecule has 2 amide bonds. The van der Waals surface area contributed by atoms with Crippen molar-refractivity contribution in [3.05, 3.63) is 23.8 Å². The number of hydrogen-bond donors (Lipinski definition) is 3. The molecule has 1 aromatic carbocycles. The second kappa shape index (κ2) is 5.01. The summed E-state index contributed by atoms with van der Waals surface area (Å²) in [5.41, 5.74) is 2.73. The SMILES string of the molecule is O=C1CCc2cc(NC(=O)[C@@H]3CCCN3)ccc2N1. The van der Waals surface area contributed by atoms with Crippen LogP contribution in [0.3, 0.4) is 0 Å². The third kappa shape index (κ3) is 2.61. The Balaban J connectivity index is 1.71. The largest absolute Gasteiger partial charge is 0.326 e. The van der Waals surface area contributed by atoms with Gasteiger partial charge in [0.25, 0.3) is 0 Å². The molecule has 3 rings (SSSR count). The molecule has 1 fully saturated rings. The summed E-state index contributed by atoms with van der Waals surface area (Å²) in [4.78, 5) is 23.3. The van der Waals surface area contributed by atoms with E-state index in [0.717, 1.165) is 42.7 Å². The van der Waals surface area contributed by atoms with E-state index in [2.05, 4.69) is 16.0 Å². The summed E-state index contributed by atoms with van der Waals surface area (Å²) in [5, 5.41) is 8.94. The van der Waals surface area contributed by atoms with Crippen LogP contribution in [0.25, 0.3) is 0 Å². The maximum Gasteiger partial charge on any atom is 0.241 e. The van der Waals surface area contributed by atoms with Crippen molar-refractivity contribution in [1.82, 2.24) is 5.32 Å². The number of nitrogens with one attached hydrogen (secondary N) is 3. The topological polar surface area (TPSA) is 70.2 Å². The molecule has 1 aromatic rings. The maximum absolute atomic E-state index is 12.0. The molecule has 0 spiro atoms. The number of aryl methyl sites for hydroxylation is 1. The van der Waals surface area contributed by atoms with Crippen molar-refractivity contribution in [3.8, 4) is 0 Å². The highest BCUT2D eigenvalue weighted by Crippen LogP contribution is 2.25. The molecule has 2 aliphatic rings. The highest BCUT2D eigenvalue weighted by molar-refractivity contribution is 5.97. The second-order valence-electron chi connectivity index (χ2n) is 5.06. The molecule has 0 aliphatic carbocycles. The lowest BCUT2D eigenvalue weighted by Crippen LogP contribution is -2.35. The van der Waals surface area contributed by atoms with Gasteiger partial charge in [-0.25, -0.2) is 0 Å². The van der Waals surface area contributed by atoms with E-state index in [1.807, 2.05) is 18.2 Å². The number of amides is 2. The maximum atomic E-state index is 12.0. The first-order valence-corrected chi connectivity index (χ1v) is 6.69. The Bertz CT molecular complexity index is 521. The molecule has 1 saturated heterocycles. The molecule has 1 atom stereocenters. The molecule has 5 heteroatoms. The van der Waals surface area contributed by atoms with Gasteiger partial charge in [0, 0.05) is 17.8 Å². The van der Waals surface area contributed by atoms with Gasteiger partial charge >= 0.3 is 0 Å². The van der Waals surface area contributed by atoms with Gasteiger partial charge in [-0.1, -0.05) is 0 Å². The molecule has 0 bridgehead atoms. The Labute approximate surface area is 111 Å². The molecule has 19 heavy (non-hydrogen) atoms. The van der Waals surface area contributed by atoms with Gasteiger partial charge in [-0.3, -0.25) is 9.59 Å². The van der Waals surface area contributed by atoms with Crippen LogP contribution in [-0.4, -0.2) is 24.4 Å². The first-order chi connectivity index (χ1) is 9.22. The fraction of sp³-hybridized carbons (Fsp3) is 0.429. The third-order valence-electron chi connectivity index (χ3n) is 3.65. The van der Waals surface area contributed by atoms with Crippen LogP contribution < -0.4 is 16.0 Å². The van der Waals surface area contributed by atoms with E-state index in [-0.39, 0.29) is 17.9 Å². The first-order valence-electron chi connectivity index (χ1n) is 6.69. The Hall–Kier alpha value is -1.88. The Morgan fingerprint density at radius 3 is 3.00 bits per heavy atom. The van der Waals surface area contributed by atoms with Gasteiger partial charge < -0.3 is 16.0 Å². The molecule has 2 heterocycles. The lowest BCUT2D eigenvalue weighted by molar-refractivity contribution is -0.118. The molecular weight excluding hydrogens is 242 g/mol. The van der Waals surface area contributed by atoms with Gasteiger partial charge in [0.15, 0.2) is 0 Å². The summed E-state index contributed by atoms with van der Waals surface area (Å²) in [6.07, 6.45) is 3.18. The van der Waals surface area contributed by atoms with Crippen molar-refractivity contribution in [2.45, 2.75) is 31.7 Å². The summed E-state index contributed by atoms with van der Waals surface area (Å²) >= 11 is 0. The zero-order valence-corrected chi connectivity index (χ0v) is 10.7. The molecule has 100 valence electrons. The average Bonchev–Trinajstić information content (AvgIpc) is 2.93. The standard InChI is InChI=1S/C14H17N3O2/c18-13-6-3-9-8-10(4-5-11(9)17-13)16-14(19)12-2-1-7-15-12/h4-5,8,12,15H,1-3,6-7H2,(H,16,19)(H,17,18)/t12-/m0/s1. The lowest BCUT2D eigenvalue weighted by Gasteiger charge is -2.18.